The zero-order valence-electron chi connectivity index (χ0n) is 18.0. The highest BCUT2D eigenvalue weighted by molar-refractivity contribution is 5.94. The maximum absolute atomic E-state index is 13.3. The van der Waals surface area contributed by atoms with Gasteiger partial charge in [0.25, 0.3) is 11.5 Å². The lowest BCUT2D eigenvalue weighted by Crippen LogP contribution is -2.51. The average Bonchev–Trinajstić information content (AvgIpc) is 3.51. The number of likely N-dealkylation sites (tertiary alicyclic amines) is 2. The highest BCUT2D eigenvalue weighted by Gasteiger charge is 2.41. The molecule has 0 spiro atoms. The van der Waals surface area contributed by atoms with Gasteiger partial charge in [0.15, 0.2) is 0 Å². The van der Waals surface area contributed by atoms with Gasteiger partial charge in [-0.15, -0.1) is 0 Å². The number of nitrogens with zero attached hydrogens (tertiary/aromatic N) is 3. The Bertz CT molecular complexity index is 992. The van der Waals surface area contributed by atoms with Crippen LogP contribution >= 0.6 is 0 Å². The van der Waals surface area contributed by atoms with Crippen LogP contribution in [-0.4, -0.2) is 52.4 Å². The predicted octanol–water partition coefficient (Wildman–Crippen LogP) is 2.63. The summed E-state index contributed by atoms with van der Waals surface area (Å²) in [4.78, 5) is 43.4. The van der Waals surface area contributed by atoms with Gasteiger partial charge in [-0.1, -0.05) is 18.6 Å². The van der Waals surface area contributed by atoms with Crippen molar-refractivity contribution in [3.63, 3.8) is 0 Å². The van der Waals surface area contributed by atoms with E-state index in [2.05, 4.69) is 12.2 Å². The molecule has 4 heterocycles. The highest BCUT2D eigenvalue weighted by atomic mass is 16.2. The fraction of sp³-hybridized carbons (Fsp3) is 0.640. The van der Waals surface area contributed by atoms with E-state index >= 15 is 0 Å². The molecular weight excluding hydrogens is 390 g/mol. The third-order valence-corrected chi connectivity index (χ3v) is 8.52. The van der Waals surface area contributed by atoms with Crippen LogP contribution < -0.4 is 5.56 Å². The van der Waals surface area contributed by atoms with Crippen molar-refractivity contribution in [2.75, 3.05) is 26.2 Å². The minimum Gasteiger partial charge on any atom is -0.341 e. The molecule has 2 aliphatic carbocycles. The van der Waals surface area contributed by atoms with Crippen molar-refractivity contribution in [2.24, 2.45) is 23.7 Å². The van der Waals surface area contributed by atoms with Crippen molar-refractivity contribution in [2.45, 2.75) is 51.0 Å². The number of carbonyl (C=O) groups excluding carboxylic acids is 2. The molecule has 0 unspecified atom stereocenters. The quantitative estimate of drug-likeness (QED) is 0.690. The van der Waals surface area contributed by atoms with Crippen LogP contribution in [0.5, 0.6) is 0 Å². The third-order valence-electron chi connectivity index (χ3n) is 8.52. The number of carbonyl (C=O) groups is 2. The number of amides is 2. The number of piperidine rings is 1. The van der Waals surface area contributed by atoms with E-state index in [0.29, 0.717) is 36.4 Å². The number of hydrogen-bond donors (Lipinski definition) is 0. The summed E-state index contributed by atoms with van der Waals surface area (Å²) in [6, 6.07) is 3.74. The molecule has 3 aliphatic heterocycles. The Hall–Kier alpha value is -2.37. The van der Waals surface area contributed by atoms with Gasteiger partial charge in [0, 0.05) is 50.3 Å². The van der Waals surface area contributed by atoms with Crippen LogP contribution in [0.1, 0.15) is 60.5 Å². The molecule has 1 aromatic heterocycles. The van der Waals surface area contributed by atoms with E-state index in [4.69, 9.17) is 0 Å². The molecule has 164 valence electrons. The van der Waals surface area contributed by atoms with E-state index in [1.165, 1.54) is 19.3 Å². The molecule has 3 fully saturated rings. The molecule has 1 saturated carbocycles. The Balaban J connectivity index is 1.23. The highest BCUT2D eigenvalue weighted by Crippen LogP contribution is 2.39. The van der Waals surface area contributed by atoms with Gasteiger partial charge in [-0.25, -0.2) is 0 Å². The molecule has 4 atom stereocenters. The van der Waals surface area contributed by atoms with Gasteiger partial charge in [-0.3, -0.25) is 14.4 Å². The number of hydrogen-bond acceptors (Lipinski definition) is 3. The number of pyridine rings is 1. The lowest BCUT2D eigenvalue weighted by atomic mass is 9.82. The second kappa shape index (κ2) is 7.35. The van der Waals surface area contributed by atoms with Gasteiger partial charge in [0.1, 0.15) is 5.56 Å². The second-order valence-corrected chi connectivity index (χ2v) is 10.4. The molecule has 6 heteroatoms. The molecule has 6 rings (SSSR count). The molecule has 0 radical (unpaired) electrons. The van der Waals surface area contributed by atoms with Gasteiger partial charge < -0.3 is 14.4 Å². The van der Waals surface area contributed by atoms with Crippen LogP contribution in [0.25, 0.3) is 0 Å². The molecular formula is C25H31N3O3. The fourth-order valence-electron chi connectivity index (χ4n) is 6.94. The summed E-state index contributed by atoms with van der Waals surface area (Å²) >= 11 is 0. The smallest absolute Gasteiger partial charge is 0.263 e. The minimum absolute atomic E-state index is 0.0871. The van der Waals surface area contributed by atoms with Crippen LogP contribution in [0, 0.1) is 23.7 Å². The zero-order valence-corrected chi connectivity index (χ0v) is 18.0. The summed E-state index contributed by atoms with van der Waals surface area (Å²) in [5, 5.41) is 0. The van der Waals surface area contributed by atoms with Crippen LogP contribution in [0.2, 0.25) is 0 Å². The molecule has 2 bridgehead atoms. The second-order valence-electron chi connectivity index (χ2n) is 10.4. The number of aromatic nitrogens is 1. The summed E-state index contributed by atoms with van der Waals surface area (Å²) in [5.74, 6) is 2.01. The summed E-state index contributed by atoms with van der Waals surface area (Å²) in [6.07, 6.45) is 10.6. The van der Waals surface area contributed by atoms with Crippen molar-refractivity contribution in [1.29, 1.82) is 0 Å². The number of rotatable bonds is 2. The first kappa shape index (κ1) is 19.3. The van der Waals surface area contributed by atoms with E-state index in [1.807, 2.05) is 20.4 Å². The molecule has 31 heavy (non-hydrogen) atoms. The third kappa shape index (κ3) is 3.17. The number of allylic oxidation sites excluding steroid dienone is 2. The predicted molar refractivity (Wildman–Crippen MR) is 117 cm³/mol. The van der Waals surface area contributed by atoms with E-state index in [9.17, 15) is 14.4 Å². The summed E-state index contributed by atoms with van der Waals surface area (Å²) in [6.45, 7) is 3.65. The van der Waals surface area contributed by atoms with E-state index in [0.717, 1.165) is 44.6 Å². The molecule has 0 N–H and O–H groups in total. The maximum atomic E-state index is 13.3. The van der Waals surface area contributed by atoms with Gasteiger partial charge >= 0.3 is 0 Å². The maximum Gasteiger partial charge on any atom is 0.263 e. The standard InChI is InChI=1S/C25H31N3O3/c29-23(17-4-1-2-5-17)26-11-16-10-20(15-26)22-9-8-21(25(31)28(22)12-16)24(30)27-13-18-6-3-7-19(18)14-27/h1-2,8-9,16-20H,3-7,10-15H2/t16-,18-,19+,20+/m0/s1. The lowest BCUT2D eigenvalue weighted by molar-refractivity contribution is -0.138. The van der Waals surface area contributed by atoms with Gasteiger partial charge in [-0.05, 0) is 62.0 Å². The Kier molecular flexibility index (Phi) is 4.58. The minimum atomic E-state index is -0.131. The van der Waals surface area contributed by atoms with Crippen molar-refractivity contribution in [3.05, 3.63) is 45.9 Å². The lowest BCUT2D eigenvalue weighted by Gasteiger charge is -2.43. The first-order valence-electron chi connectivity index (χ1n) is 12.0. The zero-order chi connectivity index (χ0) is 21.1. The topological polar surface area (TPSA) is 62.6 Å². The van der Waals surface area contributed by atoms with Crippen molar-refractivity contribution in [1.82, 2.24) is 14.4 Å². The molecule has 2 amide bonds. The van der Waals surface area contributed by atoms with Crippen molar-refractivity contribution >= 4 is 11.8 Å². The van der Waals surface area contributed by atoms with E-state index < -0.39 is 0 Å². The Morgan fingerprint density at radius 2 is 1.61 bits per heavy atom. The average molecular weight is 422 g/mol. The molecule has 2 saturated heterocycles. The molecule has 5 aliphatic rings. The largest absolute Gasteiger partial charge is 0.341 e. The summed E-state index contributed by atoms with van der Waals surface area (Å²) in [7, 11) is 0. The van der Waals surface area contributed by atoms with E-state index in [1.54, 1.807) is 6.07 Å². The SMILES string of the molecule is O=C(c1ccc2n(c1=O)C[C@H]1C[C@@H]2CN(C(=O)C2CC=CC2)C1)N1C[C@H]2CCC[C@H]2C1. The molecule has 0 aromatic carbocycles. The van der Waals surface area contributed by atoms with Crippen molar-refractivity contribution < 1.29 is 9.59 Å². The molecule has 6 nitrogen and oxygen atoms in total. The summed E-state index contributed by atoms with van der Waals surface area (Å²) in [5.41, 5.74) is 1.20. The van der Waals surface area contributed by atoms with Crippen LogP contribution in [0.4, 0.5) is 0 Å². The Morgan fingerprint density at radius 1 is 0.871 bits per heavy atom. The molecule has 1 aromatic rings. The Morgan fingerprint density at radius 3 is 2.35 bits per heavy atom. The van der Waals surface area contributed by atoms with Gasteiger partial charge in [0.2, 0.25) is 5.91 Å². The summed E-state index contributed by atoms with van der Waals surface area (Å²) < 4.78 is 1.85. The van der Waals surface area contributed by atoms with Crippen LogP contribution in [0.15, 0.2) is 29.1 Å². The monoisotopic (exact) mass is 421 g/mol. The first-order valence-corrected chi connectivity index (χ1v) is 12.0. The van der Waals surface area contributed by atoms with E-state index in [-0.39, 0.29) is 29.2 Å². The van der Waals surface area contributed by atoms with Crippen LogP contribution in [-0.2, 0) is 11.3 Å². The fourth-order valence-corrected chi connectivity index (χ4v) is 6.94. The van der Waals surface area contributed by atoms with Gasteiger partial charge in [0.05, 0.1) is 0 Å². The first-order chi connectivity index (χ1) is 15.1. The number of fused-ring (bicyclic) bond motifs is 5. The van der Waals surface area contributed by atoms with Crippen LogP contribution in [0.3, 0.4) is 0 Å². The van der Waals surface area contributed by atoms with Crippen molar-refractivity contribution in [3.8, 4) is 0 Å². The Labute approximate surface area is 182 Å². The van der Waals surface area contributed by atoms with Gasteiger partial charge in [-0.2, -0.15) is 0 Å². The normalized spacial score (nSPS) is 31.7.